The minimum atomic E-state index is -1.07. The lowest BCUT2D eigenvalue weighted by Crippen LogP contribution is -2.74. The average Bonchev–Trinajstić information content (AvgIpc) is 3.49. The molecule has 1 unspecified atom stereocenters. The number of benzene rings is 3. The predicted octanol–water partition coefficient (Wildman–Crippen LogP) is 4.95. The van der Waals surface area contributed by atoms with Crippen molar-refractivity contribution in [3.8, 4) is 23.3 Å². The summed E-state index contributed by atoms with van der Waals surface area (Å²) < 4.78 is 24.6. The molecule has 1 aliphatic carbocycles. The Morgan fingerprint density at radius 2 is 1.62 bits per heavy atom. The van der Waals surface area contributed by atoms with Gasteiger partial charge in [0, 0.05) is 73.3 Å². The highest BCUT2D eigenvalue weighted by atomic mass is 16.5. The lowest BCUT2D eigenvalue weighted by Gasteiger charge is -2.63. The number of imide groups is 2. The van der Waals surface area contributed by atoms with Gasteiger partial charge in [0.1, 0.15) is 36.0 Å². The number of hydrogen-bond acceptors (Lipinski definition) is 12. The number of ether oxygens (including phenoxy) is 4. The third kappa shape index (κ3) is 7.99. The van der Waals surface area contributed by atoms with E-state index >= 15 is 0 Å². The van der Waals surface area contributed by atoms with Gasteiger partial charge < -0.3 is 29.2 Å². The summed E-state index contributed by atoms with van der Waals surface area (Å²) >= 11 is 0. The van der Waals surface area contributed by atoms with E-state index in [-0.39, 0.29) is 64.2 Å². The van der Waals surface area contributed by atoms with Crippen molar-refractivity contribution in [1.29, 1.82) is 5.26 Å². The lowest BCUT2D eigenvalue weighted by atomic mass is 9.49. The van der Waals surface area contributed by atoms with Crippen LogP contribution < -0.4 is 29.7 Å². The standard InChI is InChI=1S/C48H56N6O9/c1-28-22-33(23-29(2)35(28)26-49)63-45-46(3,4)44(47(45,5)6)51-40(56)30-8-10-31(11-9-30)53-16-14-48(15-17-53)27-52(19-21-62-48)18-20-61-32-24-34-39(37(25-32)60-7)43(59)54(42(34)58)36-12-13-38(55)50-41(36)57/h8-11,22-25,36,44-45H,12-21,27H2,1-7H3,(H,51,56)(H,50,55,57). The summed E-state index contributed by atoms with van der Waals surface area (Å²) in [5.41, 5.74) is 3.30. The number of carbonyl (C=O) groups is 5. The number of piperidine rings is 2. The first kappa shape index (κ1) is 43.7. The summed E-state index contributed by atoms with van der Waals surface area (Å²) in [6, 6.07) is 15.8. The molecule has 5 amide bonds. The van der Waals surface area contributed by atoms with Crippen LogP contribution in [0.1, 0.15) is 101 Å². The minimum Gasteiger partial charge on any atom is -0.496 e. The molecular formula is C48H56N6O9. The van der Waals surface area contributed by atoms with Crippen LogP contribution in [0.3, 0.4) is 0 Å². The van der Waals surface area contributed by atoms with Crippen LogP contribution in [0.5, 0.6) is 17.2 Å². The quantitative estimate of drug-likeness (QED) is 0.249. The highest BCUT2D eigenvalue weighted by Crippen LogP contribution is 2.55. The molecule has 3 saturated heterocycles. The molecule has 4 fully saturated rings. The van der Waals surface area contributed by atoms with E-state index in [0.717, 1.165) is 66.5 Å². The summed E-state index contributed by atoms with van der Waals surface area (Å²) in [7, 11) is 1.41. The van der Waals surface area contributed by atoms with Gasteiger partial charge in [0.15, 0.2) is 0 Å². The number of morpholine rings is 1. The van der Waals surface area contributed by atoms with Crippen LogP contribution in [-0.2, 0) is 14.3 Å². The Kier molecular flexibility index (Phi) is 11.5. The van der Waals surface area contributed by atoms with Crippen molar-refractivity contribution in [2.24, 2.45) is 10.8 Å². The molecule has 3 aromatic carbocycles. The van der Waals surface area contributed by atoms with Gasteiger partial charge in [0.25, 0.3) is 17.7 Å². The van der Waals surface area contributed by atoms with Crippen molar-refractivity contribution in [3.05, 3.63) is 81.9 Å². The zero-order valence-corrected chi connectivity index (χ0v) is 37.1. The molecule has 1 atom stereocenters. The second-order valence-electron chi connectivity index (χ2n) is 18.8. The van der Waals surface area contributed by atoms with Crippen LogP contribution in [0.15, 0.2) is 48.5 Å². The number of aryl methyl sites for hydroxylation is 2. The number of nitrogens with zero attached hydrogens (tertiary/aromatic N) is 4. The van der Waals surface area contributed by atoms with Crippen molar-refractivity contribution in [2.45, 2.75) is 91.0 Å². The number of fused-ring (bicyclic) bond motifs is 1. The fourth-order valence-electron chi connectivity index (χ4n) is 10.8. The van der Waals surface area contributed by atoms with Gasteiger partial charge in [-0.2, -0.15) is 5.26 Å². The SMILES string of the molecule is COc1cc(OCCN2CCOC3(CCN(c4ccc(C(=O)NC5C(C)(C)C(Oc6cc(C)c(C#N)c(C)c6)C5(C)C)cc4)CC3)C2)cc2c1C(=O)N(C1CCC(=O)NC1=O)C2=O. The van der Waals surface area contributed by atoms with Crippen LogP contribution in [-0.4, -0.2) is 116 Å². The smallest absolute Gasteiger partial charge is 0.266 e. The maximum Gasteiger partial charge on any atom is 0.266 e. The largest absolute Gasteiger partial charge is 0.496 e. The Hall–Kier alpha value is -5.98. The van der Waals surface area contributed by atoms with E-state index in [1.165, 1.54) is 13.2 Å². The summed E-state index contributed by atoms with van der Waals surface area (Å²) in [6.07, 6.45) is 1.63. The Morgan fingerprint density at radius 1 is 0.937 bits per heavy atom. The third-order valence-electron chi connectivity index (χ3n) is 13.9. The molecule has 3 aromatic rings. The van der Waals surface area contributed by atoms with Crippen LogP contribution in [0.4, 0.5) is 5.69 Å². The summed E-state index contributed by atoms with van der Waals surface area (Å²) in [4.78, 5) is 70.2. The van der Waals surface area contributed by atoms with Crippen molar-refractivity contribution in [3.63, 3.8) is 0 Å². The number of nitrogens with one attached hydrogen (secondary N) is 2. The van der Waals surface area contributed by atoms with Gasteiger partial charge in [0.05, 0.1) is 42.1 Å². The average molecular weight is 861 g/mol. The first-order valence-corrected chi connectivity index (χ1v) is 21.7. The number of nitriles is 1. The van der Waals surface area contributed by atoms with Gasteiger partial charge in [-0.1, -0.05) is 27.7 Å². The maximum atomic E-state index is 13.6. The van der Waals surface area contributed by atoms with Crippen LogP contribution in [0.2, 0.25) is 0 Å². The van der Waals surface area contributed by atoms with E-state index in [1.54, 1.807) is 6.07 Å². The van der Waals surface area contributed by atoms with E-state index in [9.17, 15) is 29.2 Å². The lowest BCUT2D eigenvalue weighted by molar-refractivity contribution is -0.164. The topological polar surface area (TPSA) is 180 Å². The Labute approximate surface area is 367 Å². The predicted molar refractivity (Wildman–Crippen MR) is 232 cm³/mol. The number of amides is 5. The van der Waals surface area contributed by atoms with E-state index in [2.05, 4.69) is 54.2 Å². The molecule has 0 radical (unpaired) electrons. The highest BCUT2D eigenvalue weighted by Gasteiger charge is 2.64. The Balaban J connectivity index is 0.822. The first-order valence-electron chi connectivity index (χ1n) is 21.7. The molecule has 332 valence electrons. The minimum absolute atomic E-state index is 0.0346. The Morgan fingerprint density at radius 3 is 2.25 bits per heavy atom. The molecule has 0 aromatic heterocycles. The molecule has 15 heteroatoms. The number of methoxy groups -OCH3 is 1. The molecule has 63 heavy (non-hydrogen) atoms. The maximum absolute atomic E-state index is 13.6. The van der Waals surface area contributed by atoms with E-state index in [1.807, 2.05) is 50.2 Å². The molecule has 2 N–H and O–H groups in total. The van der Waals surface area contributed by atoms with E-state index in [0.29, 0.717) is 36.6 Å². The highest BCUT2D eigenvalue weighted by molar-refractivity contribution is 6.24. The van der Waals surface area contributed by atoms with Gasteiger partial charge in [-0.3, -0.25) is 39.1 Å². The molecule has 4 heterocycles. The second kappa shape index (κ2) is 16.6. The van der Waals surface area contributed by atoms with Crippen LogP contribution in [0.25, 0.3) is 0 Å². The first-order chi connectivity index (χ1) is 30.0. The molecular weight excluding hydrogens is 805 g/mol. The fraction of sp³-hybridized carbons (Fsp3) is 0.500. The van der Waals surface area contributed by atoms with Gasteiger partial charge in [-0.15, -0.1) is 0 Å². The molecule has 1 saturated carbocycles. The van der Waals surface area contributed by atoms with Crippen molar-refractivity contribution in [2.75, 3.05) is 57.9 Å². The Bertz CT molecular complexity index is 2360. The van der Waals surface area contributed by atoms with Gasteiger partial charge in [0.2, 0.25) is 11.8 Å². The number of rotatable bonds is 11. The van der Waals surface area contributed by atoms with E-state index in [4.69, 9.17) is 18.9 Å². The molecule has 1 spiro atoms. The molecule has 5 aliphatic rings. The zero-order valence-electron chi connectivity index (χ0n) is 37.1. The molecule has 8 rings (SSSR count). The third-order valence-corrected chi connectivity index (χ3v) is 13.9. The van der Waals surface area contributed by atoms with Gasteiger partial charge >= 0.3 is 0 Å². The van der Waals surface area contributed by atoms with Gasteiger partial charge in [-0.05, 0) is 86.7 Å². The van der Waals surface area contributed by atoms with Crippen LogP contribution in [0, 0.1) is 36.0 Å². The number of carbonyl (C=O) groups excluding carboxylic acids is 5. The van der Waals surface area contributed by atoms with Crippen molar-refractivity contribution < 1.29 is 42.9 Å². The summed E-state index contributed by atoms with van der Waals surface area (Å²) in [5, 5.41) is 15.0. The van der Waals surface area contributed by atoms with E-state index < -0.39 is 29.7 Å². The normalized spacial score (nSPS) is 23.7. The van der Waals surface area contributed by atoms with Crippen molar-refractivity contribution in [1.82, 2.24) is 20.4 Å². The number of anilines is 1. The molecule has 4 aliphatic heterocycles. The molecule has 0 bridgehead atoms. The van der Waals surface area contributed by atoms with Crippen LogP contribution >= 0.6 is 0 Å². The summed E-state index contributed by atoms with van der Waals surface area (Å²) in [6.45, 7) is 17.0. The monoisotopic (exact) mass is 860 g/mol. The van der Waals surface area contributed by atoms with Gasteiger partial charge in [-0.25, -0.2) is 0 Å². The number of hydrogen-bond donors (Lipinski definition) is 2. The zero-order chi connectivity index (χ0) is 45.0. The molecule has 15 nitrogen and oxygen atoms in total. The summed E-state index contributed by atoms with van der Waals surface area (Å²) in [5.74, 6) is -1.21. The van der Waals surface area contributed by atoms with Crippen molar-refractivity contribution >= 4 is 35.2 Å². The second-order valence-corrected chi connectivity index (χ2v) is 18.8. The fourth-order valence-corrected chi connectivity index (χ4v) is 10.8.